The van der Waals surface area contributed by atoms with E-state index in [-0.39, 0.29) is 11.4 Å². The Kier molecular flexibility index (Phi) is 2.18. The van der Waals surface area contributed by atoms with Crippen LogP contribution in [0.15, 0.2) is 4.52 Å². The van der Waals surface area contributed by atoms with E-state index in [1.807, 2.05) is 0 Å². The number of hydrogen-bond donors (Lipinski definition) is 2. The average molecular weight is 186 g/mol. The Bertz CT molecular complexity index is 356. The van der Waals surface area contributed by atoms with Crippen LogP contribution in [0.3, 0.4) is 0 Å². The topological polar surface area (TPSA) is 116 Å². The molecule has 1 aromatic heterocycles. The lowest BCUT2D eigenvalue weighted by molar-refractivity contribution is 0.0959. The zero-order valence-corrected chi connectivity index (χ0v) is 6.60. The minimum atomic E-state index is -1.56. The monoisotopic (exact) mass is 186 g/mol. The second-order valence-electron chi connectivity index (χ2n) is 2.16. The van der Waals surface area contributed by atoms with Gasteiger partial charge in [-0.2, -0.15) is 0 Å². The lowest BCUT2D eigenvalue weighted by atomic mass is 10.3. The SMILES string of the molecule is Cc1noc(C(N)=O)c1OC(=O)O. The van der Waals surface area contributed by atoms with Crippen LogP contribution in [0.5, 0.6) is 5.75 Å². The molecule has 0 fully saturated rings. The molecule has 1 heterocycles. The first-order valence-electron chi connectivity index (χ1n) is 3.19. The first-order chi connectivity index (χ1) is 6.02. The van der Waals surface area contributed by atoms with Crippen LogP contribution >= 0.6 is 0 Å². The number of carbonyl (C=O) groups is 2. The number of rotatable bonds is 2. The highest BCUT2D eigenvalue weighted by molar-refractivity contribution is 5.93. The molecule has 70 valence electrons. The summed E-state index contributed by atoms with van der Waals surface area (Å²) < 4.78 is 8.68. The molecule has 0 saturated heterocycles. The number of carboxylic acid groups (broad SMARTS) is 1. The Morgan fingerprint density at radius 2 is 2.23 bits per heavy atom. The zero-order chi connectivity index (χ0) is 10.0. The Hall–Kier alpha value is -2.05. The number of nitrogens with zero attached hydrogens (tertiary/aromatic N) is 1. The average Bonchev–Trinajstić information content (AvgIpc) is 2.32. The molecule has 7 heteroatoms. The van der Waals surface area contributed by atoms with Gasteiger partial charge < -0.3 is 20.1 Å². The number of primary amides is 1. The molecule has 0 spiro atoms. The fraction of sp³-hybridized carbons (Fsp3) is 0.167. The van der Waals surface area contributed by atoms with Gasteiger partial charge in [-0.15, -0.1) is 0 Å². The van der Waals surface area contributed by atoms with Gasteiger partial charge in [-0.05, 0) is 6.92 Å². The number of amides is 1. The molecule has 13 heavy (non-hydrogen) atoms. The van der Waals surface area contributed by atoms with Gasteiger partial charge in [0.2, 0.25) is 5.75 Å². The molecule has 1 aromatic rings. The van der Waals surface area contributed by atoms with Gasteiger partial charge >= 0.3 is 6.16 Å². The van der Waals surface area contributed by atoms with E-state index in [1.165, 1.54) is 6.92 Å². The zero-order valence-electron chi connectivity index (χ0n) is 6.60. The number of aromatic nitrogens is 1. The van der Waals surface area contributed by atoms with Crippen LogP contribution in [-0.4, -0.2) is 22.3 Å². The van der Waals surface area contributed by atoms with Gasteiger partial charge in [-0.25, -0.2) is 4.79 Å². The largest absolute Gasteiger partial charge is 0.511 e. The minimum Gasteiger partial charge on any atom is -0.449 e. The van der Waals surface area contributed by atoms with Crippen LogP contribution in [-0.2, 0) is 0 Å². The maximum absolute atomic E-state index is 10.6. The number of aryl methyl sites for hydroxylation is 1. The summed E-state index contributed by atoms with van der Waals surface area (Å²) in [5.41, 5.74) is 5.01. The van der Waals surface area contributed by atoms with Crippen molar-refractivity contribution in [3.8, 4) is 5.75 Å². The molecule has 0 atom stereocenters. The first kappa shape index (κ1) is 9.04. The fourth-order valence-corrected chi connectivity index (χ4v) is 0.726. The second-order valence-corrected chi connectivity index (χ2v) is 2.16. The van der Waals surface area contributed by atoms with E-state index in [2.05, 4.69) is 14.4 Å². The van der Waals surface area contributed by atoms with E-state index in [9.17, 15) is 9.59 Å². The van der Waals surface area contributed by atoms with Crippen LogP contribution in [0.25, 0.3) is 0 Å². The summed E-state index contributed by atoms with van der Waals surface area (Å²) in [5.74, 6) is -1.60. The first-order valence-corrected chi connectivity index (χ1v) is 3.19. The third-order valence-corrected chi connectivity index (χ3v) is 1.22. The van der Waals surface area contributed by atoms with Crippen LogP contribution in [0.1, 0.15) is 16.2 Å². The van der Waals surface area contributed by atoms with Crippen molar-refractivity contribution in [1.82, 2.24) is 5.16 Å². The Morgan fingerprint density at radius 3 is 2.69 bits per heavy atom. The van der Waals surface area contributed by atoms with Crippen molar-refractivity contribution in [1.29, 1.82) is 0 Å². The van der Waals surface area contributed by atoms with E-state index in [4.69, 9.17) is 10.8 Å². The number of carbonyl (C=O) groups excluding carboxylic acids is 1. The smallest absolute Gasteiger partial charge is 0.449 e. The van der Waals surface area contributed by atoms with Gasteiger partial charge in [0.1, 0.15) is 5.69 Å². The maximum Gasteiger partial charge on any atom is 0.511 e. The third kappa shape index (κ3) is 1.75. The molecule has 0 saturated carbocycles. The molecule has 0 radical (unpaired) electrons. The Morgan fingerprint density at radius 1 is 1.62 bits per heavy atom. The van der Waals surface area contributed by atoms with Gasteiger partial charge in [0.15, 0.2) is 0 Å². The van der Waals surface area contributed by atoms with Crippen molar-refractivity contribution in [3.05, 3.63) is 11.5 Å². The molecule has 0 aromatic carbocycles. The number of nitrogens with two attached hydrogens (primary N) is 1. The highest BCUT2D eigenvalue weighted by Crippen LogP contribution is 2.22. The van der Waals surface area contributed by atoms with Crippen LogP contribution in [0, 0.1) is 6.92 Å². The van der Waals surface area contributed by atoms with Gasteiger partial charge in [-0.3, -0.25) is 4.79 Å². The molecule has 0 aliphatic carbocycles. The van der Waals surface area contributed by atoms with Gasteiger partial charge in [0.25, 0.3) is 11.7 Å². The van der Waals surface area contributed by atoms with Crippen molar-refractivity contribution in [2.24, 2.45) is 5.73 Å². The lowest BCUT2D eigenvalue weighted by Crippen LogP contribution is -2.13. The van der Waals surface area contributed by atoms with Crippen molar-refractivity contribution < 1.29 is 24.0 Å². The Labute approximate surface area is 72.1 Å². The summed E-state index contributed by atoms with van der Waals surface area (Å²) in [4.78, 5) is 20.8. The maximum atomic E-state index is 10.6. The molecule has 1 amide bonds. The minimum absolute atomic E-state index is 0.149. The summed E-state index contributed by atoms with van der Waals surface area (Å²) in [7, 11) is 0. The predicted octanol–water partition coefficient (Wildman–Crippen LogP) is 0.139. The van der Waals surface area contributed by atoms with Crippen LogP contribution in [0.4, 0.5) is 4.79 Å². The third-order valence-electron chi connectivity index (χ3n) is 1.22. The van der Waals surface area contributed by atoms with Crippen molar-refractivity contribution in [3.63, 3.8) is 0 Å². The molecule has 0 unspecified atom stereocenters. The highest BCUT2D eigenvalue weighted by atomic mass is 16.7. The quantitative estimate of drug-likeness (QED) is 0.634. The molecule has 0 aliphatic rings. The molecule has 3 N–H and O–H groups in total. The van der Waals surface area contributed by atoms with Crippen molar-refractivity contribution in [2.45, 2.75) is 6.92 Å². The molecule has 7 nitrogen and oxygen atoms in total. The van der Waals surface area contributed by atoms with E-state index in [1.54, 1.807) is 0 Å². The standard InChI is InChI=1S/C6H6N2O5/c1-2-3(12-6(10)11)4(5(7)9)13-8-2/h1H3,(H2,7,9)(H,10,11). The van der Waals surface area contributed by atoms with E-state index in [0.29, 0.717) is 0 Å². The summed E-state index contributed by atoms with van der Waals surface area (Å²) >= 11 is 0. The molecular formula is C6H6N2O5. The number of ether oxygens (including phenoxy) is 1. The van der Waals surface area contributed by atoms with Gasteiger partial charge in [0, 0.05) is 0 Å². The summed E-state index contributed by atoms with van der Waals surface area (Å²) in [6, 6.07) is 0. The van der Waals surface area contributed by atoms with Crippen molar-refractivity contribution in [2.75, 3.05) is 0 Å². The van der Waals surface area contributed by atoms with Crippen molar-refractivity contribution >= 4 is 12.1 Å². The van der Waals surface area contributed by atoms with E-state index < -0.39 is 17.8 Å². The van der Waals surface area contributed by atoms with E-state index in [0.717, 1.165) is 0 Å². The lowest BCUT2D eigenvalue weighted by Gasteiger charge is -1.96. The van der Waals surface area contributed by atoms with Gasteiger partial charge in [-0.1, -0.05) is 5.16 Å². The molecular weight excluding hydrogens is 180 g/mol. The van der Waals surface area contributed by atoms with Gasteiger partial charge in [0.05, 0.1) is 0 Å². The summed E-state index contributed by atoms with van der Waals surface area (Å²) in [6.45, 7) is 1.42. The Balaban J connectivity index is 3.08. The fourth-order valence-electron chi connectivity index (χ4n) is 0.726. The van der Waals surface area contributed by atoms with Crippen LogP contribution < -0.4 is 10.5 Å². The van der Waals surface area contributed by atoms with Crippen LogP contribution in [0.2, 0.25) is 0 Å². The summed E-state index contributed by atoms with van der Waals surface area (Å²) in [6.07, 6.45) is -1.56. The predicted molar refractivity (Wildman–Crippen MR) is 38.4 cm³/mol. The molecule has 0 aliphatic heterocycles. The molecule has 1 rings (SSSR count). The highest BCUT2D eigenvalue weighted by Gasteiger charge is 2.21. The second kappa shape index (κ2) is 3.13. The van der Waals surface area contributed by atoms with E-state index >= 15 is 0 Å². The molecule has 0 bridgehead atoms. The number of hydrogen-bond acceptors (Lipinski definition) is 5. The normalized spacial score (nSPS) is 9.62. The summed E-state index contributed by atoms with van der Waals surface area (Å²) in [5, 5.41) is 11.6.